The number of aryl methyl sites for hydroxylation is 1. The van der Waals surface area contributed by atoms with Gasteiger partial charge < -0.3 is 9.64 Å². The summed E-state index contributed by atoms with van der Waals surface area (Å²) in [6.45, 7) is 5.44. The van der Waals surface area contributed by atoms with E-state index in [1.165, 1.54) is 0 Å². The summed E-state index contributed by atoms with van der Waals surface area (Å²) in [5, 5.41) is 0. The van der Waals surface area contributed by atoms with E-state index < -0.39 is 0 Å². The molecule has 0 radical (unpaired) electrons. The lowest BCUT2D eigenvalue weighted by Gasteiger charge is -2.29. The fourth-order valence-corrected chi connectivity index (χ4v) is 2.05. The number of morpholine rings is 1. The van der Waals surface area contributed by atoms with E-state index >= 15 is 0 Å². The fourth-order valence-electron chi connectivity index (χ4n) is 2.05. The predicted octanol–water partition coefficient (Wildman–Crippen LogP) is 0.874. The molecule has 1 aliphatic heterocycles. The quantitative estimate of drug-likeness (QED) is 0.712. The van der Waals surface area contributed by atoms with E-state index in [1.807, 2.05) is 17.7 Å². The van der Waals surface area contributed by atoms with Gasteiger partial charge in [0.15, 0.2) is 5.65 Å². The highest BCUT2D eigenvalue weighted by Crippen LogP contribution is 2.18. The van der Waals surface area contributed by atoms with Crippen LogP contribution in [-0.2, 0) is 4.74 Å². The van der Waals surface area contributed by atoms with E-state index in [0.717, 1.165) is 43.5 Å². The van der Waals surface area contributed by atoms with E-state index in [9.17, 15) is 0 Å². The Bertz CT molecular complexity index is 502. The van der Waals surface area contributed by atoms with Gasteiger partial charge >= 0.3 is 0 Å². The molecule has 0 aromatic carbocycles. The van der Waals surface area contributed by atoms with Crippen LogP contribution in [-0.4, -0.2) is 40.7 Å². The van der Waals surface area contributed by atoms with Gasteiger partial charge in [0.2, 0.25) is 0 Å². The van der Waals surface area contributed by atoms with Crippen LogP contribution < -0.4 is 4.90 Å². The molecule has 5 heteroatoms. The molecule has 0 aliphatic carbocycles. The highest BCUT2D eigenvalue weighted by molar-refractivity contribution is 5.51. The number of aromatic nitrogens is 3. The van der Waals surface area contributed by atoms with Gasteiger partial charge in [-0.05, 0) is 6.92 Å². The van der Waals surface area contributed by atoms with Crippen molar-refractivity contribution in [2.45, 2.75) is 6.92 Å². The van der Waals surface area contributed by atoms with Crippen LogP contribution in [0.5, 0.6) is 0 Å². The van der Waals surface area contributed by atoms with Crippen molar-refractivity contribution in [2.24, 2.45) is 0 Å². The van der Waals surface area contributed by atoms with E-state index in [-0.39, 0.29) is 0 Å². The highest BCUT2D eigenvalue weighted by Gasteiger charge is 2.14. The van der Waals surface area contributed by atoms with Crippen LogP contribution in [0.3, 0.4) is 0 Å². The molecule has 84 valence electrons. The highest BCUT2D eigenvalue weighted by atomic mass is 16.5. The van der Waals surface area contributed by atoms with E-state index in [1.54, 1.807) is 6.20 Å². The number of rotatable bonds is 1. The van der Waals surface area contributed by atoms with Gasteiger partial charge in [0.05, 0.1) is 19.4 Å². The number of ether oxygens (including phenoxy) is 1. The molecule has 1 aliphatic rings. The third-order valence-electron chi connectivity index (χ3n) is 2.83. The molecule has 3 heterocycles. The fraction of sp³-hybridized carbons (Fsp3) is 0.455. The lowest BCUT2D eigenvalue weighted by molar-refractivity contribution is 0.122. The average molecular weight is 218 g/mol. The second kappa shape index (κ2) is 3.75. The van der Waals surface area contributed by atoms with Gasteiger partial charge in [-0.2, -0.15) is 0 Å². The van der Waals surface area contributed by atoms with Crippen LogP contribution in [0.2, 0.25) is 0 Å². The minimum atomic E-state index is 0.789. The van der Waals surface area contributed by atoms with Gasteiger partial charge in [-0.25, -0.2) is 9.97 Å². The minimum absolute atomic E-state index is 0.789. The summed E-state index contributed by atoms with van der Waals surface area (Å²) in [7, 11) is 0. The van der Waals surface area contributed by atoms with Crippen LogP contribution in [0.1, 0.15) is 5.69 Å². The molecule has 0 saturated carbocycles. The smallest absolute Gasteiger partial charge is 0.158 e. The van der Waals surface area contributed by atoms with Crippen molar-refractivity contribution in [1.82, 2.24) is 14.4 Å². The van der Waals surface area contributed by atoms with E-state index in [4.69, 9.17) is 4.74 Å². The first-order valence-corrected chi connectivity index (χ1v) is 5.47. The Labute approximate surface area is 93.7 Å². The summed E-state index contributed by atoms with van der Waals surface area (Å²) in [6.07, 6.45) is 3.60. The Hall–Kier alpha value is -1.62. The Morgan fingerprint density at radius 1 is 1.31 bits per heavy atom. The number of imidazole rings is 1. The van der Waals surface area contributed by atoms with Gasteiger partial charge in [0.25, 0.3) is 0 Å². The number of hydrogen-bond acceptors (Lipinski definition) is 4. The maximum Gasteiger partial charge on any atom is 0.158 e. The van der Waals surface area contributed by atoms with Crippen LogP contribution in [0.25, 0.3) is 5.65 Å². The molecule has 2 aromatic heterocycles. The van der Waals surface area contributed by atoms with Gasteiger partial charge in [0, 0.05) is 24.8 Å². The number of fused-ring (bicyclic) bond motifs is 1. The lowest BCUT2D eigenvalue weighted by atomic mass is 10.3. The number of hydrogen-bond donors (Lipinski definition) is 0. The zero-order valence-electron chi connectivity index (χ0n) is 9.26. The van der Waals surface area contributed by atoms with Crippen molar-refractivity contribution < 1.29 is 4.74 Å². The topological polar surface area (TPSA) is 42.7 Å². The summed E-state index contributed by atoms with van der Waals surface area (Å²) in [4.78, 5) is 10.9. The first kappa shape index (κ1) is 9.59. The van der Waals surface area contributed by atoms with Crippen LogP contribution in [0.15, 0.2) is 18.6 Å². The SMILES string of the molecule is Cc1cc(N2CCOCC2)n2cncc2n1. The van der Waals surface area contributed by atoms with Crippen molar-refractivity contribution in [2.75, 3.05) is 31.2 Å². The molecule has 0 unspecified atom stereocenters. The van der Waals surface area contributed by atoms with Crippen molar-refractivity contribution in [3.63, 3.8) is 0 Å². The standard InChI is InChI=1S/C11H14N4O/c1-9-6-11(14-2-4-16-5-3-14)15-8-12-7-10(15)13-9/h6-8H,2-5H2,1H3. The van der Waals surface area contributed by atoms with Crippen molar-refractivity contribution >= 4 is 11.5 Å². The molecule has 0 amide bonds. The molecule has 0 spiro atoms. The first-order valence-electron chi connectivity index (χ1n) is 5.47. The molecular formula is C11H14N4O. The summed E-state index contributed by atoms with van der Waals surface area (Å²) in [5.41, 5.74) is 1.93. The summed E-state index contributed by atoms with van der Waals surface area (Å²) >= 11 is 0. The zero-order chi connectivity index (χ0) is 11.0. The summed E-state index contributed by atoms with van der Waals surface area (Å²) in [6, 6.07) is 2.10. The predicted molar refractivity (Wildman–Crippen MR) is 60.8 cm³/mol. The van der Waals surface area contributed by atoms with Crippen molar-refractivity contribution in [1.29, 1.82) is 0 Å². The maximum absolute atomic E-state index is 5.36. The van der Waals surface area contributed by atoms with Gasteiger partial charge in [-0.1, -0.05) is 0 Å². The van der Waals surface area contributed by atoms with E-state index in [0.29, 0.717) is 0 Å². The normalized spacial score (nSPS) is 16.9. The molecule has 1 fully saturated rings. The number of anilines is 1. The van der Waals surface area contributed by atoms with Crippen LogP contribution >= 0.6 is 0 Å². The Morgan fingerprint density at radius 2 is 2.12 bits per heavy atom. The monoisotopic (exact) mass is 218 g/mol. The lowest BCUT2D eigenvalue weighted by Crippen LogP contribution is -2.37. The van der Waals surface area contributed by atoms with Gasteiger partial charge in [-0.3, -0.25) is 4.40 Å². The van der Waals surface area contributed by atoms with Crippen molar-refractivity contribution in [3.8, 4) is 0 Å². The second-order valence-electron chi connectivity index (χ2n) is 3.98. The summed E-state index contributed by atoms with van der Waals surface area (Å²) < 4.78 is 7.39. The van der Waals surface area contributed by atoms with Gasteiger partial charge in [-0.15, -0.1) is 0 Å². The summed E-state index contributed by atoms with van der Waals surface area (Å²) in [5.74, 6) is 1.16. The molecular weight excluding hydrogens is 204 g/mol. The Balaban J connectivity index is 2.09. The minimum Gasteiger partial charge on any atom is -0.378 e. The number of nitrogens with zero attached hydrogens (tertiary/aromatic N) is 4. The third kappa shape index (κ3) is 1.53. The molecule has 2 aromatic rings. The average Bonchev–Trinajstić information content (AvgIpc) is 2.77. The Kier molecular flexibility index (Phi) is 2.25. The Morgan fingerprint density at radius 3 is 2.94 bits per heavy atom. The molecule has 16 heavy (non-hydrogen) atoms. The second-order valence-corrected chi connectivity index (χ2v) is 3.98. The molecule has 1 saturated heterocycles. The zero-order valence-corrected chi connectivity index (χ0v) is 9.26. The molecule has 3 rings (SSSR count). The van der Waals surface area contributed by atoms with Crippen LogP contribution in [0, 0.1) is 6.92 Å². The molecule has 0 bridgehead atoms. The van der Waals surface area contributed by atoms with Gasteiger partial charge in [0.1, 0.15) is 12.1 Å². The van der Waals surface area contributed by atoms with E-state index in [2.05, 4.69) is 20.9 Å². The van der Waals surface area contributed by atoms with Crippen LogP contribution in [0.4, 0.5) is 5.82 Å². The molecule has 0 atom stereocenters. The molecule has 5 nitrogen and oxygen atoms in total. The maximum atomic E-state index is 5.36. The molecule has 0 N–H and O–H groups in total. The largest absolute Gasteiger partial charge is 0.378 e. The van der Waals surface area contributed by atoms with Crippen molar-refractivity contribution in [3.05, 3.63) is 24.3 Å². The first-order chi connectivity index (χ1) is 7.84. The third-order valence-corrected chi connectivity index (χ3v) is 2.83.